The van der Waals surface area contributed by atoms with Crippen molar-refractivity contribution in [2.24, 2.45) is 0 Å². The molecule has 0 radical (unpaired) electrons. The van der Waals surface area contributed by atoms with Gasteiger partial charge in [-0.2, -0.15) is 0 Å². The van der Waals surface area contributed by atoms with E-state index in [0.717, 1.165) is 0 Å². The van der Waals surface area contributed by atoms with Crippen LogP contribution in [0.2, 0.25) is 10.0 Å². The van der Waals surface area contributed by atoms with Crippen molar-refractivity contribution in [1.82, 2.24) is 0 Å². The van der Waals surface area contributed by atoms with Crippen LogP contribution in [0.3, 0.4) is 0 Å². The van der Waals surface area contributed by atoms with Gasteiger partial charge in [-0.15, -0.1) is 0 Å². The molecule has 6 nitrogen and oxygen atoms in total. The maximum absolute atomic E-state index is 12.9. The molecular weight excluding hydrogens is 423 g/mol. The molecule has 0 aliphatic rings. The first-order valence-corrected chi connectivity index (χ1v) is 10.4. The van der Waals surface area contributed by atoms with Gasteiger partial charge in [0.25, 0.3) is 15.9 Å². The quantitative estimate of drug-likeness (QED) is 0.568. The van der Waals surface area contributed by atoms with Crippen molar-refractivity contribution >= 4 is 50.5 Å². The molecule has 2 aromatic carbocycles. The van der Waals surface area contributed by atoms with Crippen LogP contribution in [0, 0.1) is 13.8 Å². The minimum absolute atomic E-state index is 0.0795. The third-order valence-corrected chi connectivity index (χ3v) is 6.52. The Labute approximate surface area is 172 Å². The third-order valence-electron chi connectivity index (χ3n) is 3.97. The summed E-state index contributed by atoms with van der Waals surface area (Å²) >= 11 is 12.4. The van der Waals surface area contributed by atoms with Gasteiger partial charge in [0.1, 0.15) is 4.90 Å². The molecule has 9 heteroatoms. The first-order chi connectivity index (χ1) is 13.2. The predicted molar refractivity (Wildman–Crippen MR) is 110 cm³/mol. The average molecular weight is 439 g/mol. The molecule has 3 rings (SSSR count). The van der Waals surface area contributed by atoms with E-state index in [-0.39, 0.29) is 21.4 Å². The van der Waals surface area contributed by atoms with Gasteiger partial charge >= 0.3 is 0 Å². The first kappa shape index (κ1) is 20.3. The molecule has 2 N–H and O–H groups in total. The number of halogens is 2. The number of carbonyl (C=O) groups excluding carboxylic acids is 1. The third kappa shape index (κ3) is 4.16. The number of aryl methyl sites for hydroxylation is 1. The van der Waals surface area contributed by atoms with Crippen molar-refractivity contribution in [1.29, 1.82) is 0 Å². The van der Waals surface area contributed by atoms with Crippen LogP contribution in [0.25, 0.3) is 0 Å². The van der Waals surface area contributed by atoms with Crippen LogP contribution >= 0.6 is 23.2 Å². The van der Waals surface area contributed by atoms with E-state index < -0.39 is 15.9 Å². The fourth-order valence-electron chi connectivity index (χ4n) is 2.60. The van der Waals surface area contributed by atoms with E-state index in [2.05, 4.69) is 10.0 Å². The molecule has 146 valence electrons. The predicted octanol–water partition coefficient (Wildman–Crippen LogP) is 5.26. The zero-order chi connectivity index (χ0) is 20.5. The summed E-state index contributed by atoms with van der Waals surface area (Å²) in [5, 5.41) is 3.05. The summed E-state index contributed by atoms with van der Waals surface area (Å²) < 4.78 is 33.3. The number of nitrogens with one attached hydrogen (secondary N) is 2. The Bertz CT molecular complexity index is 1120. The maximum Gasteiger partial charge on any atom is 0.291 e. The van der Waals surface area contributed by atoms with Gasteiger partial charge in [-0.3, -0.25) is 9.52 Å². The number of hydrogen-bond acceptors (Lipinski definition) is 4. The lowest BCUT2D eigenvalue weighted by Crippen LogP contribution is -2.16. The fraction of sp³-hybridized carbons (Fsp3) is 0.105. The number of hydrogen-bond donors (Lipinski definition) is 2. The zero-order valence-corrected chi connectivity index (χ0v) is 17.2. The maximum atomic E-state index is 12.9. The Morgan fingerprint density at radius 1 is 1.04 bits per heavy atom. The van der Waals surface area contributed by atoms with Gasteiger partial charge in [0.05, 0.1) is 17.0 Å². The van der Waals surface area contributed by atoms with Crippen LogP contribution in [-0.2, 0) is 10.0 Å². The molecule has 0 bridgehead atoms. The highest BCUT2D eigenvalue weighted by Crippen LogP contribution is 2.34. The highest BCUT2D eigenvalue weighted by Gasteiger charge is 2.24. The number of furan rings is 1. The second kappa shape index (κ2) is 7.87. The van der Waals surface area contributed by atoms with Crippen LogP contribution in [0.15, 0.2) is 58.0 Å². The first-order valence-electron chi connectivity index (χ1n) is 8.12. The van der Waals surface area contributed by atoms with Gasteiger partial charge in [0.2, 0.25) is 0 Å². The highest BCUT2D eigenvalue weighted by atomic mass is 35.5. The lowest BCUT2D eigenvalue weighted by Gasteiger charge is -2.15. The Morgan fingerprint density at radius 3 is 2.43 bits per heavy atom. The molecule has 1 amide bonds. The lowest BCUT2D eigenvalue weighted by atomic mass is 10.2. The van der Waals surface area contributed by atoms with Crippen molar-refractivity contribution in [2.75, 3.05) is 10.0 Å². The van der Waals surface area contributed by atoms with Crippen LogP contribution in [0.5, 0.6) is 0 Å². The Morgan fingerprint density at radius 2 is 1.75 bits per heavy atom. The summed E-state index contributed by atoms with van der Waals surface area (Å²) in [6, 6.07) is 11.0. The number of amides is 1. The summed E-state index contributed by atoms with van der Waals surface area (Å²) in [7, 11) is -4.01. The van der Waals surface area contributed by atoms with Gasteiger partial charge < -0.3 is 9.73 Å². The minimum atomic E-state index is -4.01. The summed E-state index contributed by atoms with van der Waals surface area (Å²) in [6.45, 7) is 3.26. The van der Waals surface area contributed by atoms with E-state index in [9.17, 15) is 13.2 Å². The lowest BCUT2D eigenvalue weighted by molar-refractivity contribution is 0.0996. The van der Waals surface area contributed by atoms with Gasteiger partial charge in [0, 0.05) is 10.7 Å². The van der Waals surface area contributed by atoms with Crippen molar-refractivity contribution in [3.63, 3.8) is 0 Å². The monoisotopic (exact) mass is 438 g/mol. The van der Waals surface area contributed by atoms with Crippen molar-refractivity contribution < 1.29 is 17.6 Å². The number of rotatable bonds is 5. The molecule has 0 aliphatic heterocycles. The Hall–Kier alpha value is -2.48. The number of anilines is 2. The molecule has 0 unspecified atom stereocenters. The molecule has 3 aromatic rings. The van der Waals surface area contributed by atoms with Crippen molar-refractivity contribution in [2.45, 2.75) is 18.7 Å². The molecule has 0 saturated carbocycles. The second-order valence-corrected chi connectivity index (χ2v) is 8.47. The van der Waals surface area contributed by atoms with Crippen molar-refractivity contribution in [3.8, 4) is 0 Å². The molecule has 0 fully saturated rings. The molecule has 0 aliphatic carbocycles. The number of carbonyl (C=O) groups is 1. The van der Waals surface area contributed by atoms with E-state index in [0.29, 0.717) is 21.8 Å². The molecule has 0 spiro atoms. The van der Waals surface area contributed by atoms with E-state index in [4.69, 9.17) is 27.6 Å². The summed E-state index contributed by atoms with van der Waals surface area (Å²) in [6.07, 6.45) is 1.39. The van der Waals surface area contributed by atoms with Gasteiger partial charge in [-0.05, 0) is 61.4 Å². The molecule has 28 heavy (non-hydrogen) atoms. The average Bonchev–Trinajstić information content (AvgIpc) is 3.14. The standard InChI is InChI=1S/C19H16Cl2N2O4S/c1-11-9-15(20)12(2)18(17(11)21)28(25,26)23-14-6-3-5-13(10-14)22-19(24)16-7-4-8-27-16/h3-10,23H,1-2H3,(H,22,24). The number of sulfonamides is 1. The molecule has 1 heterocycles. The summed E-state index contributed by atoms with van der Waals surface area (Å²) in [5.74, 6) is -0.308. The molecular formula is C19H16Cl2N2O4S. The minimum Gasteiger partial charge on any atom is -0.459 e. The SMILES string of the molecule is Cc1cc(Cl)c(C)c(S(=O)(=O)Nc2cccc(NC(=O)c3ccco3)c2)c1Cl. The Balaban J connectivity index is 1.89. The van der Waals surface area contributed by atoms with E-state index in [1.165, 1.54) is 18.4 Å². The topological polar surface area (TPSA) is 88.4 Å². The van der Waals surface area contributed by atoms with Crippen LogP contribution in [-0.4, -0.2) is 14.3 Å². The second-order valence-electron chi connectivity index (χ2n) is 6.06. The number of benzene rings is 2. The van der Waals surface area contributed by atoms with Crippen LogP contribution in [0.4, 0.5) is 11.4 Å². The highest BCUT2D eigenvalue weighted by molar-refractivity contribution is 7.93. The van der Waals surface area contributed by atoms with E-state index >= 15 is 0 Å². The summed E-state index contributed by atoms with van der Waals surface area (Å²) in [4.78, 5) is 12.0. The molecule has 0 saturated heterocycles. The molecule has 1 aromatic heterocycles. The smallest absolute Gasteiger partial charge is 0.291 e. The largest absolute Gasteiger partial charge is 0.459 e. The van der Waals surface area contributed by atoms with E-state index in [1.807, 2.05) is 0 Å². The van der Waals surface area contributed by atoms with E-state index in [1.54, 1.807) is 44.2 Å². The summed E-state index contributed by atoms with van der Waals surface area (Å²) in [5.41, 5.74) is 1.56. The zero-order valence-electron chi connectivity index (χ0n) is 14.9. The fourth-order valence-corrected chi connectivity index (χ4v) is 4.86. The molecule has 0 atom stereocenters. The van der Waals surface area contributed by atoms with Crippen molar-refractivity contribution in [3.05, 3.63) is 75.7 Å². The van der Waals surface area contributed by atoms with Crippen LogP contribution in [0.1, 0.15) is 21.7 Å². The normalized spacial score (nSPS) is 11.3. The van der Waals surface area contributed by atoms with Gasteiger partial charge in [-0.25, -0.2) is 8.42 Å². The van der Waals surface area contributed by atoms with Gasteiger partial charge in [-0.1, -0.05) is 29.3 Å². The van der Waals surface area contributed by atoms with Crippen LogP contribution < -0.4 is 10.0 Å². The Kier molecular flexibility index (Phi) is 5.69. The van der Waals surface area contributed by atoms with Gasteiger partial charge in [0.15, 0.2) is 5.76 Å².